The van der Waals surface area contributed by atoms with Crippen LogP contribution in [0.4, 0.5) is 0 Å². The van der Waals surface area contributed by atoms with Crippen LogP contribution in [0.2, 0.25) is 5.02 Å². The molecule has 2 rings (SSSR count). The zero-order chi connectivity index (χ0) is 17.4. The van der Waals surface area contributed by atoms with E-state index in [2.05, 4.69) is 22.3 Å². The third-order valence-electron chi connectivity index (χ3n) is 3.47. The van der Waals surface area contributed by atoms with Gasteiger partial charge < -0.3 is 10.2 Å². The molecular formula is C19H23ClN2OS. The number of thioether (sulfide) groups is 1. The minimum atomic E-state index is 0.0571. The highest BCUT2D eigenvalue weighted by Crippen LogP contribution is 2.16. The number of amides is 1. The van der Waals surface area contributed by atoms with Crippen LogP contribution >= 0.6 is 23.4 Å². The molecule has 0 aromatic heterocycles. The maximum absolute atomic E-state index is 12.0. The molecule has 0 spiro atoms. The lowest BCUT2D eigenvalue weighted by Gasteiger charge is -2.14. The normalized spacial score (nSPS) is 10.8. The molecule has 5 heteroatoms. The summed E-state index contributed by atoms with van der Waals surface area (Å²) in [4.78, 5) is 14.2. The third-order valence-corrected chi connectivity index (χ3v) is 4.71. The number of carbonyl (C=O) groups excluding carboxylic acids is 1. The number of hydrogen-bond donors (Lipinski definition) is 1. The molecule has 2 aromatic rings. The van der Waals surface area contributed by atoms with Crippen LogP contribution in [0, 0.1) is 0 Å². The summed E-state index contributed by atoms with van der Waals surface area (Å²) in [6.45, 7) is 1.44. The van der Waals surface area contributed by atoms with Crippen molar-refractivity contribution in [1.82, 2.24) is 10.2 Å². The fraction of sp³-hybridized carbons (Fsp3) is 0.316. The number of carbonyl (C=O) groups is 1. The summed E-state index contributed by atoms with van der Waals surface area (Å²) in [5.41, 5.74) is 3.55. The van der Waals surface area contributed by atoms with Crippen molar-refractivity contribution in [2.75, 3.05) is 19.8 Å². The van der Waals surface area contributed by atoms with E-state index in [4.69, 9.17) is 11.6 Å². The largest absolute Gasteiger partial charge is 0.351 e. The molecule has 0 radical (unpaired) electrons. The van der Waals surface area contributed by atoms with Gasteiger partial charge in [0, 0.05) is 23.9 Å². The minimum Gasteiger partial charge on any atom is -0.351 e. The molecule has 0 aliphatic rings. The number of nitrogens with zero attached hydrogens (tertiary/aromatic N) is 1. The molecule has 0 atom stereocenters. The molecule has 0 saturated carbocycles. The van der Waals surface area contributed by atoms with Gasteiger partial charge in [-0.1, -0.05) is 48.0 Å². The van der Waals surface area contributed by atoms with E-state index >= 15 is 0 Å². The minimum absolute atomic E-state index is 0.0571. The average molecular weight is 363 g/mol. The number of nitrogens with one attached hydrogen (secondary N) is 1. The van der Waals surface area contributed by atoms with Gasteiger partial charge in [-0.15, -0.1) is 11.8 Å². The second kappa shape index (κ2) is 9.72. The molecular weight excluding hydrogens is 340 g/mol. The number of rotatable bonds is 8. The van der Waals surface area contributed by atoms with Crippen LogP contribution in [-0.2, 0) is 23.6 Å². The molecule has 3 nitrogen and oxygen atoms in total. The highest BCUT2D eigenvalue weighted by atomic mass is 35.5. The molecule has 0 aliphatic heterocycles. The Labute approximate surface area is 153 Å². The van der Waals surface area contributed by atoms with Crippen molar-refractivity contribution in [3.8, 4) is 0 Å². The number of benzene rings is 2. The summed E-state index contributed by atoms with van der Waals surface area (Å²) < 4.78 is 0. The lowest BCUT2D eigenvalue weighted by atomic mass is 10.1. The van der Waals surface area contributed by atoms with E-state index < -0.39 is 0 Å². The number of hydrogen-bond acceptors (Lipinski definition) is 3. The van der Waals surface area contributed by atoms with Crippen molar-refractivity contribution < 1.29 is 4.79 Å². The second-order valence-corrected chi connectivity index (χ2v) is 7.33. The van der Waals surface area contributed by atoms with Crippen LogP contribution in [0.15, 0.2) is 48.5 Å². The Morgan fingerprint density at radius 2 is 1.88 bits per heavy atom. The molecule has 24 heavy (non-hydrogen) atoms. The second-order valence-electron chi connectivity index (χ2n) is 5.91. The lowest BCUT2D eigenvalue weighted by Crippen LogP contribution is -2.25. The van der Waals surface area contributed by atoms with Gasteiger partial charge in [0.15, 0.2) is 0 Å². The molecule has 0 aliphatic carbocycles. The summed E-state index contributed by atoms with van der Waals surface area (Å²) >= 11 is 7.56. The first-order valence-electron chi connectivity index (χ1n) is 7.85. The summed E-state index contributed by atoms with van der Waals surface area (Å²) in [5, 5.41) is 3.74. The highest BCUT2D eigenvalue weighted by Gasteiger charge is 2.06. The van der Waals surface area contributed by atoms with E-state index in [1.165, 1.54) is 11.1 Å². The third kappa shape index (κ3) is 6.56. The van der Waals surface area contributed by atoms with Gasteiger partial charge in [0.25, 0.3) is 0 Å². The standard InChI is InChI=1S/C19H23ClN2OS/c1-22(2)12-17-8-4-3-7-16(17)11-21-19(23)14-24-13-15-6-5-9-18(20)10-15/h3-10H,11-14H2,1-2H3,(H,21,23). The summed E-state index contributed by atoms with van der Waals surface area (Å²) in [6.07, 6.45) is 0. The Morgan fingerprint density at radius 1 is 1.12 bits per heavy atom. The monoisotopic (exact) mass is 362 g/mol. The fourth-order valence-corrected chi connectivity index (χ4v) is 3.38. The summed E-state index contributed by atoms with van der Waals surface area (Å²) in [7, 11) is 4.09. The van der Waals surface area contributed by atoms with Crippen molar-refractivity contribution in [3.05, 3.63) is 70.2 Å². The predicted octanol–water partition coefficient (Wildman–Crippen LogP) is 3.95. The maximum atomic E-state index is 12.0. The van der Waals surface area contributed by atoms with Crippen LogP contribution in [0.25, 0.3) is 0 Å². The van der Waals surface area contributed by atoms with E-state index in [9.17, 15) is 4.79 Å². The zero-order valence-corrected chi connectivity index (χ0v) is 15.7. The molecule has 0 bridgehead atoms. The van der Waals surface area contributed by atoms with Crippen molar-refractivity contribution in [1.29, 1.82) is 0 Å². The molecule has 2 aromatic carbocycles. The Morgan fingerprint density at radius 3 is 2.58 bits per heavy atom. The molecule has 1 N–H and O–H groups in total. The lowest BCUT2D eigenvalue weighted by molar-refractivity contribution is -0.118. The quantitative estimate of drug-likeness (QED) is 0.771. The molecule has 1 amide bonds. The van der Waals surface area contributed by atoms with Crippen molar-refractivity contribution >= 4 is 29.3 Å². The van der Waals surface area contributed by atoms with Crippen molar-refractivity contribution in [3.63, 3.8) is 0 Å². The van der Waals surface area contributed by atoms with Gasteiger partial charge >= 0.3 is 0 Å². The van der Waals surface area contributed by atoms with E-state index in [1.54, 1.807) is 11.8 Å². The Kier molecular flexibility index (Phi) is 7.63. The van der Waals surface area contributed by atoms with Crippen LogP contribution in [0.3, 0.4) is 0 Å². The van der Waals surface area contributed by atoms with E-state index in [0.717, 1.165) is 22.9 Å². The summed E-state index contributed by atoms with van der Waals surface area (Å²) in [6, 6.07) is 16.0. The maximum Gasteiger partial charge on any atom is 0.230 e. The topological polar surface area (TPSA) is 32.3 Å². The van der Waals surface area contributed by atoms with Crippen LogP contribution in [-0.4, -0.2) is 30.7 Å². The van der Waals surface area contributed by atoms with Crippen molar-refractivity contribution in [2.24, 2.45) is 0 Å². The average Bonchev–Trinajstić information content (AvgIpc) is 2.53. The number of halogens is 1. The molecule has 0 fully saturated rings. The van der Waals surface area contributed by atoms with E-state index in [-0.39, 0.29) is 5.91 Å². The van der Waals surface area contributed by atoms with Gasteiger partial charge in [0.2, 0.25) is 5.91 Å². The Bertz CT molecular complexity index is 676. The molecule has 128 valence electrons. The van der Waals surface area contributed by atoms with Gasteiger partial charge in [-0.3, -0.25) is 4.79 Å². The van der Waals surface area contributed by atoms with Gasteiger partial charge in [0.05, 0.1) is 5.75 Å². The van der Waals surface area contributed by atoms with E-state index in [1.807, 2.05) is 50.5 Å². The van der Waals surface area contributed by atoms with Gasteiger partial charge in [-0.25, -0.2) is 0 Å². The Balaban J connectivity index is 1.77. The van der Waals surface area contributed by atoms with E-state index in [0.29, 0.717) is 12.3 Å². The predicted molar refractivity (Wildman–Crippen MR) is 103 cm³/mol. The highest BCUT2D eigenvalue weighted by molar-refractivity contribution is 7.99. The molecule has 0 unspecified atom stereocenters. The summed E-state index contributed by atoms with van der Waals surface area (Å²) in [5.74, 6) is 1.29. The molecule has 0 saturated heterocycles. The first kappa shape index (κ1) is 18.8. The smallest absolute Gasteiger partial charge is 0.230 e. The van der Waals surface area contributed by atoms with Gasteiger partial charge in [-0.2, -0.15) is 0 Å². The first-order valence-corrected chi connectivity index (χ1v) is 9.38. The SMILES string of the molecule is CN(C)Cc1ccccc1CNC(=O)CSCc1cccc(Cl)c1. The Hall–Kier alpha value is -1.49. The molecule has 0 heterocycles. The van der Waals surface area contributed by atoms with Crippen molar-refractivity contribution in [2.45, 2.75) is 18.8 Å². The fourth-order valence-electron chi connectivity index (χ4n) is 2.36. The van der Waals surface area contributed by atoms with Crippen LogP contribution < -0.4 is 5.32 Å². The van der Waals surface area contributed by atoms with Gasteiger partial charge in [-0.05, 0) is 42.9 Å². The van der Waals surface area contributed by atoms with Crippen LogP contribution in [0.1, 0.15) is 16.7 Å². The van der Waals surface area contributed by atoms with Crippen LogP contribution in [0.5, 0.6) is 0 Å². The zero-order valence-electron chi connectivity index (χ0n) is 14.1. The van der Waals surface area contributed by atoms with Gasteiger partial charge in [0.1, 0.15) is 0 Å². The first-order chi connectivity index (χ1) is 11.5.